The molecule has 1 saturated carbocycles. The second-order valence-electron chi connectivity index (χ2n) is 9.13. The van der Waals surface area contributed by atoms with E-state index in [1.807, 2.05) is 0 Å². The molecule has 1 atom stereocenters. The Bertz CT molecular complexity index is 924. The Hall–Kier alpha value is -2.42. The van der Waals surface area contributed by atoms with Gasteiger partial charge in [0.25, 0.3) is 0 Å². The van der Waals surface area contributed by atoms with Gasteiger partial charge in [-0.15, -0.1) is 11.6 Å². The van der Waals surface area contributed by atoms with Crippen LogP contribution >= 0.6 is 11.6 Å². The first kappa shape index (κ1) is 23.7. The van der Waals surface area contributed by atoms with Gasteiger partial charge in [0.2, 0.25) is 0 Å². The van der Waals surface area contributed by atoms with Crippen LogP contribution in [0.15, 0.2) is 96.0 Å². The Balaban J connectivity index is 1.69. The third kappa shape index (κ3) is 7.28. The quantitative estimate of drug-likeness (QED) is 0.229. The molecular formula is C30H35ClN2. The monoisotopic (exact) mass is 458 g/mol. The van der Waals surface area contributed by atoms with Crippen molar-refractivity contribution in [1.29, 1.82) is 0 Å². The number of alkyl halides is 1. The summed E-state index contributed by atoms with van der Waals surface area (Å²) in [5, 5.41) is 0. The lowest BCUT2D eigenvalue weighted by Gasteiger charge is -2.34. The van der Waals surface area contributed by atoms with E-state index in [0.717, 1.165) is 25.2 Å². The van der Waals surface area contributed by atoms with E-state index in [2.05, 4.69) is 95.9 Å². The fraction of sp³-hybridized carbons (Fsp3) is 0.367. The van der Waals surface area contributed by atoms with Crippen molar-refractivity contribution in [2.75, 3.05) is 5.88 Å². The lowest BCUT2D eigenvalue weighted by atomic mass is 9.94. The largest absolute Gasteiger partial charge is 0.288 e. The Morgan fingerprint density at radius 2 is 1.21 bits per heavy atom. The van der Waals surface area contributed by atoms with Crippen LogP contribution < -0.4 is 0 Å². The van der Waals surface area contributed by atoms with Gasteiger partial charge in [-0.2, -0.15) is 0 Å². The molecule has 0 saturated heterocycles. The first-order valence-electron chi connectivity index (χ1n) is 12.3. The van der Waals surface area contributed by atoms with E-state index in [1.165, 1.54) is 48.8 Å². The molecule has 1 aliphatic rings. The van der Waals surface area contributed by atoms with Gasteiger partial charge in [-0.05, 0) is 36.0 Å². The molecule has 0 aliphatic heterocycles. The van der Waals surface area contributed by atoms with Gasteiger partial charge in [0, 0.05) is 24.8 Å². The summed E-state index contributed by atoms with van der Waals surface area (Å²) in [6, 6.07) is 32.9. The summed E-state index contributed by atoms with van der Waals surface area (Å²) in [6.45, 7) is 1.74. The topological polar surface area (TPSA) is 15.6 Å². The molecule has 0 amide bonds. The van der Waals surface area contributed by atoms with E-state index in [9.17, 15) is 0 Å². The second kappa shape index (κ2) is 12.7. The van der Waals surface area contributed by atoms with Gasteiger partial charge in [0.15, 0.2) is 0 Å². The minimum absolute atomic E-state index is 0.159. The summed E-state index contributed by atoms with van der Waals surface area (Å²) in [5.41, 5.74) is 5.10. The van der Waals surface area contributed by atoms with E-state index in [1.54, 1.807) is 0 Å². The molecule has 3 heteroatoms. The zero-order valence-electron chi connectivity index (χ0n) is 19.5. The molecule has 0 heterocycles. The van der Waals surface area contributed by atoms with Crippen LogP contribution in [0.2, 0.25) is 0 Å². The first-order valence-corrected chi connectivity index (χ1v) is 12.8. The van der Waals surface area contributed by atoms with Crippen molar-refractivity contribution in [2.24, 2.45) is 4.99 Å². The molecule has 3 aromatic carbocycles. The van der Waals surface area contributed by atoms with Crippen LogP contribution in [0.4, 0.5) is 0 Å². The SMILES string of the molecule is ClCC(=NC1CCCCC1)[C@H](Cc1ccccc1)N(Cc1ccccc1)Cc1ccccc1. The molecule has 172 valence electrons. The number of rotatable bonds is 10. The number of hydrogen-bond acceptors (Lipinski definition) is 2. The number of nitrogens with zero attached hydrogens (tertiary/aromatic N) is 2. The number of benzene rings is 3. The van der Waals surface area contributed by atoms with Crippen molar-refractivity contribution in [3.8, 4) is 0 Å². The van der Waals surface area contributed by atoms with Gasteiger partial charge in [0.05, 0.1) is 11.9 Å². The molecule has 1 aliphatic carbocycles. The fourth-order valence-electron chi connectivity index (χ4n) is 4.86. The smallest absolute Gasteiger partial charge is 0.0619 e. The summed E-state index contributed by atoms with van der Waals surface area (Å²) in [7, 11) is 0. The maximum atomic E-state index is 6.64. The molecule has 0 spiro atoms. The predicted octanol–water partition coefficient (Wildman–Crippen LogP) is 7.31. The molecule has 0 radical (unpaired) electrons. The summed E-state index contributed by atoms with van der Waals surface area (Å²) in [6.07, 6.45) is 7.20. The second-order valence-corrected chi connectivity index (χ2v) is 9.39. The Morgan fingerprint density at radius 1 is 0.727 bits per heavy atom. The predicted molar refractivity (Wildman–Crippen MR) is 141 cm³/mol. The van der Waals surface area contributed by atoms with Crippen molar-refractivity contribution in [1.82, 2.24) is 4.90 Å². The average Bonchev–Trinajstić information content (AvgIpc) is 2.88. The van der Waals surface area contributed by atoms with Crippen molar-refractivity contribution < 1.29 is 0 Å². The Labute approximate surface area is 204 Å². The average molecular weight is 459 g/mol. The summed E-state index contributed by atoms with van der Waals surface area (Å²) < 4.78 is 0. The summed E-state index contributed by atoms with van der Waals surface area (Å²) in [4.78, 5) is 7.87. The van der Waals surface area contributed by atoms with Crippen LogP contribution in [0, 0.1) is 0 Å². The Morgan fingerprint density at radius 3 is 1.70 bits per heavy atom. The maximum absolute atomic E-state index is 6.64. The maximum Gasteiger partial charge on any atom is 0.0619 e. The molecular weight excluding hydrogens is 424 g/mol. The fourth-order valence-corrected chi connectivity index (χ4v) is 5.11. The zero-order valence-corrected chi connectivity index (χ0v) is 20.2. The first-order chi connectivity index (χ1) is 16.3. The lowest BCUT2D eigenvalue weighted by Crippen LogP contribution is -2.43. The highest BCUT2D eigenvalue weighted by molar-refractivity contribution is 6.29. The van der Waals surface area contributed by atoms with Gasteiger partial charge in [-0.25, -0.2) is 0 Å². The third-order valence-electron chi connectivity index (χ3n) is 6.61. The van der Waals surface area contributed by atoms with Gasteiger partial charge in [-0.3, -0.25) is 9.89 Å². The highest BCUT2D eigenvalue weighted by Crippen LogP contribution is 2.24. The van der Waals surface area contributed by atoms with Gasteiger partial charge in [0.1, 0.15) is 0 Å². The lowest BCUT2D eigenvalue weighted by molar-refractivity contribution is 0.221. The van der Waals surface area contributed by atoms with E-state index >= 15 is 0 Å². The van der Waals surface area contributed by atoms with Crippen LogP contribution in [0.3, 0.4) is 0 Å². The van der Waals surface area contributed by atoms with Crippen LogP contribution in [0.1, 0.15) is 48.8 Å². The van der Waals surface area contributed by atoms with Gasteiger partial charge in [-0.1, -0.05) is 110 Å². The van der Waals surface area contributed by atoms with E-state index in [-0.39, 0.29) is 6.04 Å². The minimum Gasteiger partial charge on any atom is -0.288 e. The highest BCUT2D eigenvalue weighted by Gasteiger charge is 2.26. The number of halogens is 1. The molecule has 0 bridgehead atoms. The number of hydrogen-bond donors (Lipinski definition) is 0. The zero-order chi connectivity index (χ0) is 22.7. The van der Waals surface area contributed by atoms with Crippen LogP contribution in [-0.2, 0) is 19.5 Å². The minimum atomic E-state index is 0.159. The molecule has 3 aromatic rings. The van der Waals surface area contributed by atoms with E-state index in [0.29, 0.717) is 11.9 Å². The summed E-state index contributed by atoms with van der Waals surface area (Å²) >= 11 is 6.64. The summed E-state index contributed by atoms with van der Waals surface area (Å²) in [5.74, 6) is 0.480. The normalized spacial score (nSPS) is 16.1. The molecule has 0 aromatic heterocycles. The highest BCUT2D eigenvalue weighted by atomic mass is 35.5. The van der Waals surface area contributed by atoms with Crippen molar-refractivity contribution >= 4 is 17.3 Å². The van der Waals surface area contributed by atoms with Gasteiger partial charge >= 0.3 is 0 Å². The van der Waals surface area contributed by atoms with Crippen molar-refractivity contribution in [3.05, 3.63) is 108 Å². The molecule has 4 rings (SSSR count). The molecule has 1 fully saturated rings. The van der Waals surface area contributed by atoms with Crippen molar-refractivity contribution in [2.45, 2.75) is 63.7 Å². The van der Waals surface area contributed by atoms with E-state index in [4.69, 9.17) is 16.6 Å². The van der Waals surface area contributed by atoms with Crippen LogP contribution in [0.25, 0.3) is 0 Å². The molecule has 0 unspecified atom stereocenters. The standard InChI is InChI=1S/C30H35ClN2/c31-22-29(32-28-19-11-4-12-20-28)30(21-25-13-5-1-6-14-25)33(23-26-15-7-2-8-16-26)24-27-17-9-3-10-18-27/h1-3,5-10,13-18,28,30H,4,11-12,19-24H2/t30-/m0/s1. The van der Waals surface area contributed by atoms with Crippen LogP contribution in [0.5, 0.6) is 0 Å². The molecule has 2 nitrogen and oxygen atoms in total. The van der Waals surface area contributed by atoms with Gasteiger partial charge < -0.3 is 0 Å². The Kier molecular flexibility index (Phi) is 9.15. The third-order valence-corrected chi connectivity index (χ3v) is 6.89. The number of aliphatic imine (C=N–C) groups is 1. The molecule has 0 N–H and O–H groups in total. The van der Waals surface area contributed by atoms with E-state index < -0.39 is 0 Å². The van der Waals surface area contributed by atoms with Crippen LogP contribution in [-0.4, -0.2) is 28.6 Å². The molecule has 33 heavy (non-hydrogen) atoms. The van der Waals surface area contributed by atoms with Crippen molar-refractivity contribution in [3.63, 3.8) is 0 Å².